The molecule has 102 valence electrons. The van der Waals surface area contributed by atoms with E-state index in [9.17, 15) is 4.79 Å². The van der Waals surface area contributed by atoms with E-state index in [1.54, 1.807) is 4.40 Å². The third kappa shape index (κ3) is 2.05. The Morgan fingerprint density at radius 1 is 1.45 bits per heavy atom. The highest BCUT2D eigenvalue weighted by Gasteiger charge is 2.16. The van der Waals surface area contributed by atoms with Crippen molar-refractivity contribution in [1.29, 1.82) is 0 Å². The molecule has 0 saturated carbocycles. The number of aromatic nitrogens is 5. The van der Waals surface area contributed by atoms with Crippen LogP contribution in [-0.2, 0) is 6.54 Å². The van der Waals surface area contributed by atoms with Crippen LogP contribution in [0, 0.1) is 0 Å². The SMILES string of the molecule is Nc1n[nH]c(C(=O)NCc2nnc3ccccn23)c1Cl. The van der Waals surface area contributed by atoms with Crippen LogP contribution in [0.25, 0.3) is 5.65 Å². The fourth-order valence-electron chi connectivity index (χ4n) is 1.75. The lowest BCUT2D eigenvalue weighted by Gasteiger charge is -2.02. The second-order valence-electron chi connectivity index (χ2n) is 4.03. The molecule has 0 spiro atoms. The van der Waals surface area contributed by atoms with Crippen molar-refractivity contribution in [3.8, 4) is 0 Å². The first-order valence-corrected chi connectivity index (χ1v) is 6.11. The van der Waals surface area contributed by atoms with E-state index in [0.717, 1.165) is 0 Å². The van der Waals surface area contributed by atoms with Crippen molar-refractivity contribution in [3.05, 3.63) is 40.9 Å². The molecule has 3 aromatic rings. The van der Waals surface area contributed by atoms with Crippen molar-refractivity contribution in [2.45, 2.75) is 6.54 Å². The van der Waals surface area contributed by atoms with E-state index in [0.29, 0.717) is 11.5 Å². The first-order valence-electron chi connectivity index (χ1n) is 5.73. The predicted octanol–water partition coefficient (Wildman–Crippen LogP) is 0.618. The molecule has 0 radical (unpaired) electrons. The van der Waals surface area contributed by atoms with Crippen molar-refractivity contribution in [1.82, 2.24) is 30.1 Å². The quantitative estimate of drug-likeness (QED) is 0.654. The number of pyridine rings is 1. The van der Waals surface area contributed by atoms with Gasteiger partial charge >= 0.3 is 0 Å². The molecular formula is C11H10ClN7O. The van der Waals surface area contributed by atoms with Crippen LogP contribution in [0.4, 0.5) is 5.82 Å². The lowest BCUT2D eigenvalue weighted by molar-refractivity contribution is 0.0945. The summed E-state index contributed by atoms with van der Waals surface area (Å²) in [4.78, 5) is 11.9. The van der Waals surface area contributed by atoms with E-state index in [2.05, 4.69) is 25.7 Å². The zero-order chi connectivity index (χ0) is 14.1. The van der Waals surface area contributed by atoms with Crippen LogP contribution < -0.4 is 11.1 Å². The van der Waals surface area contributed by atoms with Gasteiger partial charge in [-0.1, -0.05) is 17.7 Å². The van der Waals surface area contributed by atoms with Gasteiger partial charge in [-0.25, -0.2) is 0 Å². The summed E-state index contributed by atoms with van der Waals surface area (Å²) in [6.07, 6.45) is 1.82. The molecule has 3 heterocycles. The summed E-state index contributed by atoms with van der Waals surface area (Å²) >= 11 is 5.85. The summed E-state index contributed by atoms with van der Waals surface area (Å²) in [5.74, 6) is 0.286. The Morgan fingerprint density at radius 2 is 2.30 bits per heavy atom. The van der Waals surface area contributed by atoms with Crippen molar-refractivity contribution in [2.75, 3.05) is 5.73 Å². The smallest absolute Gasteiger partial charge is 0.271 e. The first kappa shape index (κ1) is 12.4. The Kier molecular flexibility index (Phi) is 2.99. The number of halogens is 1. The van der Waals surface area contributed by atoms with Crippen LogP contribution in [0.1, 0.15) is 16.3 Å². The minimum atomic E-state index is -0.410. The molecule has 20 heavy (non-hydrogen) atoms. The van der Waals surface area contributed by atoms with Crippen molar-refractivity contribution < 1.29 is 4.79 Å². The maximum atomic E-state index is 11.9. The fourth-order valence-corrected chi connectivity index (χ4v) is 1.92. The van der Waals surface area contributed by atoms with Crippen LogP contribution in [0.3, 0.4) is 0 Å². The Balaban J connectivity index is 1.76. The number of nitrogens with two attached hydrogens (primary N) is 1. The molecule has 0 saturated heterocycles. The second-order valence-corrected chi connectivity index (χ2v) is 4.40. The summed E-state index contributed by atoms with van der Waals surface area (Å²) in [6.45, 7) is 0.208. The average Bonchev–Trinajstić information content (AvgIpc) is 3.01. The predicted molar refractivity (Wildman–Crippen MR) is 72.2 cm³/mol. The van der Waals surface area contributed by atoms with Gasteiger partial charge < -0.3 is 11.1 Å². The molecule has 8 nitrogen and oxygen atoms in total. The highest BCUT2D eigenvalue weighted by molar-refractivity contribution is 6.35. The van der Waals surface area contributed by atoms with Gasteiger partial charge in [0.25, 0.3) is 5.91 Å². The first-order chi connectivity index (χ1) is 9.66. The topological polar surface area (TPSA) is 114 Å². The largest absolute Gasteiger partial charge is 0.381 e. The number of nitrogens with zero attached hydrogens (tertiary/aromatic N) is 4. The zero-order valence-electron chi connectivity index (χ0n) is 10.2. The summed E-state index contributed by atoms with van der Waals surface area (Å²) in [5, 5.41) is 16.9. The molecule has 0 aliphatic rings. The molecule has 9 heteroatoms. The van der Waals surface area contributed by atoms with Crippen molar-refractivity contribution in [3.63, 3.8) is 0 Å². The van der Waals surface area contributed by atoms with Crippen LogP contribution in [-0.4, -0.2) is 30.7 Å². The minimum Gasteiger partial charge on any atom is -0.381 e. The summed E-state index contributed by atoms with van der Waals surface area (Å²) < 4.78 is 1.78. The Hall–Kier alpha value is -2.61. The van der Waals surface area contributed by atoms with Crippen LogP contribution in [0.5, 0.6) is 0 Å². The lowest BCUT2D eigenvalue weighted by atomic mass is 10.4. The highest BCUT2D eigenvalue weighted by Crippen LogP contribution is 2.19. The minimum absolute atomic E-state index is 0.0877. The number of fused-ring (bicyclic) bond motifs is 1. The number of carbonyl (C=O) groups excluding carboxylic acids is 1. The van der Waals surface area contributed by atoms with Crippen LogP contribution >= 0.6 is 11.6 Å². The summed E-state index contributed by atoms with van der Waals surface area (Å²) in [5.41, 5.74) is 6.29. The van der Waals surface area contributed by atoms with Gasteiger partial charge in [0, 0.05) is 6.20 Å². The number of nitrogens with one attached hydrogen (secondary N) is 2. The number of hydrogen-bond acceptors (Lipinski definition) is 5. The van der Waals surface area contributed by atoms with E-state index in [1.165, 1.54) is 0 Å². The van der Waals surface area contributed by atoms with Gasteiger partial charge in [-0.3, -0.25) is 14.3 Å². The molecule has 0 fully saturated rings. The zero-order valence-corrected chi connectivity index (χ0v) is 10.9. The molecule has 4 N–H and O–H groups in total. The average molecular weight is 292 g/mol. The Morgan fingerprint density at radius 3 is 3.05 bits per heavy atom. The van der Waals surface area contributed by atoms with E-state index >= 15 is 0 Å². The molecule has 0 aliphatic heterocycles. The molecule has 3 rings (SSSR count). The van der Waals surface area contributed by atoms with Gasteiger partial charge in [-0.15, -0.1) is 10.2 Å². The van der Waals surface area contributed by atoms with Gasteiger partial charge in [-0.05, 0) is 12.1 Å². The third-order valence-electron chi connectivity index (χ3n) is 2.75. The van der Waals surface area contributed by atoms with E-state index < -0.39 is 5.91 Å². The van der Waals surface area contributed by atoms with Gasteiger partial charge in [-0.2, -0.15) is 5.10 Å². The lowest BCUT2D eigenvalue weighted by Crippen LogP contribution is -2.24. The van der Waals surface area contributed by atoms with E-state index in [1.807, 2.05) is 24.4 Å². The number of amides is 1. The molecule has 1 amide bonds. The number of carbonyl (C=O) groups is 1. The number of rotatable bonds is 3. The third-order valence-corrected chi connectivity index (χ3v) is 3.13. The molecule has 3 aromatic heterocycles. The monoisotopic (exact) mass is 291 g/mol. The van der Waals surface area contributed by atoms with Gasteiger partial charge in [0.15, 0.2) is 17.3 Å². The standard InChI is InChI=1S/C11H10ClN7O/c12-8-9(17-18-10(8)13)11(20)14-5-7-16-15-6-3-1-2-4-19(6)7/h1-4H,5H2,(H,14,20)(H3,13,17,18). The fraction of sp³-hybridized carbons (Fsp3) is 0.0909. The number of anilines is 1. The highest BCUT2D eigenvalue weighted by atomic mass is 35.5. The van der Waals surface area contributed by atoms with Crippen LogP contribution in [0.2, 0.25) is 5.02 Å². The molecule has 0 aromatic carbocycles. The number of nitrogen functional groups attached to an aromatic ring is 1. The number of H-pyrrole nitrogens is 1. The van der Waals surface area contributed by atoms with Crippen LogP contribution in [0.15, 0.2) is 24.4 Å². The normalized spacial score (nSPS) is 10.8. The van der Waals surface area contributed by atoms with E-state index in [4.69, 9.17) is 17.3 Å². The Labute approximate surface area is 117 Å². The van der Waals surface area contributed by atoms with E-state index in [-0.39, 0.29) is 23.1 Å². The van der Waals surface area contributed by atoms with Gasteiger partial charge in [0.05, 0.1) is 6.54 Å². The number of aromatic amines is 1. The van der Waals surface area contributed by atoms with Gasteiger partial charge in [0.2, 0.25) is 0 Å². The molecule has 0 bridgehead atoms. The molecule has 0 aliphatic carbocycles. The van der Waals surface area contributed by atoms with Gasteiger partial charge in [0.1, 0.15) is 10.7 Å². The molecular weight excluding hydrogens is 282 g/mol. The molecule has 0 unspecified atom stereocenters. The van der Waals surface area contributed by atoms with Crippen molar-refractivity contribution in [2.24, 2.45) is 0 Å². The number of hydrogen-bond donors (Lipinski definition) is 3. The summed E-state index contributed by atoms with van der Waals surface area (Å²) in [7, 11) is 0. The molecule has 0 atom stereocenters. The maximum absolute atomic E-state index is 11.9. The maximum Gasteiger partial charge on any atom is 0.271 e. The summed E-state index contributed by atoms with van der Waals surface area (Å²) in [6, 6.07) is 5.54. The van der Waals surface area contributed by atoms with Crippen molar-refractivity contribution >= 4 is 29.0 Å². The Bertz CT molecular complexity index is 778. The second kappa shape index (κ2) is 4.82.